The third kappa shape index (κ3) is 3.62. The number of pyridine rings is 2. The van der Waals surface area contributed by atoms with Crippen LogP contribution in [0, 0.1) is 0 Å². The summed E-state index contributed by atoms with van der Waals surface area (Å²) in [4.78, 5) is 17.6. The standard InChI is InChI=1S/C19H15BrN6/c20-15-12-24-19(26-18(15)23-11-14-7-1-2-9-21-14)25-16-8-3-5-13-6-4-10-22-17(13)16/h1-10,12H,11H2,(H2,23,24,25,26). The van der Waals surface area contributed by atoms with Gasteiger partial charge in [-0.1, -0.05) is 24.3 Å². The predicted molar refractivity (Wildman–Crippen MR) is 106 cm³/mol. The van der Waals surface area contributed by atoms with Gasteiger partial charge in [0.15, 0.2) is 0 Å². The maximum absolute atomic E-state index is 4.55. The van der Waals surface area contributed by atoms with E-state index in [1.165, 1.54) is 0 Å². The van der Waals surface area contributed by atoms with Gasteiger partial charge in [0.25, 0.3) is 0 Å². The van der Waals surface area contributed by atoms with Crippen LogP contribution in [0.5, 0.6) is 0 Å². The first kappa shape index (κ1) is 16.4. The summed E-state index contributed by atoms with van der Waals surface area (Å²) in [6.07, 6.45) is 5.26. The Balaban J connectivity index is 1.57. The number of aromatic nitrogens is 4. The molecule has 3 heterocycles. The van der Waals surface area contributed by atoms with Crippen LogP contribution < -0.4 is 10.6 Å². The summed E-state index contributed by atoms with van der Waals surface area (Å²) in [7, 11) is 0. The van der Waals surface area contributed by atoms with Crippen LogP contribution >= 0.6 is 15.9 Å². The van der Waals surface area contributed by atoms with Gasteiger partial charge >= 0.3 is 0 Å². The lowest BCUT2D eigenvalue weighted by Gasteiger charge is -2.11. The summed E-state index contributed by atoms with van der Waals surface area (Å²) in [6, 6.07) is 15.7. The fraction of sp³-hybridized carbons (Fsp3) is 0.0526. The number of nitrogens with one attached hydrogen (secondary N) is 2. The molecular formula is C19H15BrN6. The second-order valence-corrected chi connectivity index (χ2v) is 6.42. The molecule has 0 saturated carbocycles. The minimum absolute atomic E-state index is 0.495. The summed E-state index contributed by atoms with van der Waals surface area (Å²) in [5, 5.41) is 7.59. The van der Waals surface area contributed by atoms with Gasteiger partial charge in [-0.05, 0) is 40.2 Å². The Hall–Kier alpha value is -3.06. The monoisotopic (exact) mass is 406 g/mol. The van der Waals surface area contributed by atoms with Crippen molar-refractivity contribution in [3.63, 3.8) is 0 Å². The minimum atomic E-state index is 0.495. The molecular weight excluding hydrogens is 392 g/mol. The molecule has 26 heavy (non-hydrogen) atoms. The van der Waals surface area contributed by atoms with Gasteiger partial charge in [0.1, 0.15) is 5.82 Å². The van der Waals surface area contributed by atoms with E-state index < -0.39 is 0 Å². The van der Waals surface area contributed by atoms with Crippen LogP contribution in [0.25, 0.3) is 10.9 Å². The van der Waals surface area contributed by atoms with Crippen molar-refractivity contribution in [2.24, 2.45) is 0 Å². The van der Waals surface area contributed by atoms with E-state index in [1.54, 1.807) is 18.6 Å². The quantitative estimate of drug-likeness (QED) is 0.506. The molecule has 4 rings (SSSR count). The molecule has 7 heteroatoms. The number of halogens is 1. The Labute approximate surface area is 158 Å². The third-order valence-corrected chi connectivity index (χ3v) is 4.37. The van der Waals surface area contributed by atoms with Gasteiger partial charge in [0.2, 0.25) is 5.95 Å². The average Bonchev–Trinajstić information content (AvgIpc) is 2.69. The normalized spacial score (nSPS) is 10.7. The van der Waals surface area contributed by atoms with E-state index in [0.29, 0.717) is 18.3 Å². The second kappa shape index (κ2) is 7.45. The van der Waals surface area contributed by atoms with Crippen LogP contribution in [-0.2, 0) is 6.54 Å². The average molecular weight is 407 g/mol. The van der Waals surface area contributed by atoms with Crippen LogP contribution in [0.3, 0.4) is 0 Å². The minimum Gasteiger partial charge on any atom is -0.363 e. The molecule has 0 spiro atoms. The molecule has 0 radical (unpaired) electrons. The van der Waals surface area contributed by atoms with Crippen LogP contribution in [0.4, 0.5) is 17.5 Å². The van der Waals surface area contributed by atoms with Gasteiger partial charge in [-0.15, -0.1) is 0 Å². The zero-order valence-electron chi connectivity index (χ0n) is 13.7. The molecule has 1 aromatic carbocycles. The number of nitrogens with zero attached hydrogens (tertiary/aromatic N) is 4. The Morgan fingerprint density at radius 1 is 0.885 bits per heavy atom. The summed E-state index contributed by atoms with van der Waals surface area (Å²) in [5.74, 6) is 1.19. The lowest BCUT2D eigenvalue weighted by molar-refractivity contribution is 1.02. The van der Waals surface area contributed by atoms with E-state index in [4.69, 9.17) is 0 Å². The van der Waals surface area contributed by atoms with Gasteiger partial charge in [-0.2, -0.15) is 4.98 Å². The third-order valence-electron chi connectivity index (χ3n) is 3.79. The molecule has 128 valence electrons. The highest BCUT2D eigenvalue weighted by molar-refractivity contribution is 9.10. The predicted octanol–water partition coefficient (Wildman–Crippen LogP) is 4.54. The highest BCUT2D eigenvalue weighted by atomic mass is 79.9. The number of fused-ring (bicyclic) bond motifs is 1. The molecule has 0 saturated heterocycles. The fourth-order valence-corrected chi connectivity index (χ4v) is 2.89. The summed E-state index contributed by atoms with van der Waals surface area (Å²) in [6.45, 7) is 0.575. The smallest absolute Gasteiger partial charge is 0.229 e. The lowest BCUT2D eigenvalue weighted by atomic mass is 10.2. The van der Waals surface area contributed by atoms with Crippen molar-refractivity contribution in [1.29, 1.82) is 0 Å². The van der Waals surface area contributed by atoms with Crippen molar-refractivity contribution in [1.82, 2.24) is 19.9 Å². The number of rotatable bonds is 5. The Bertz CT molecular complexity index is 1030. The summed E-state index contributed by atoms with van der Waals surface area (Å²) in [5.41, 5.74) is 2.68. The van der Waals surface area contributed by atoms with Crippen molar-refractivity contribution in [3.8, 4) is 0 Å². The molecule has 0 amide bonds. The van der Waals surface area contributed by atoms with Gasteiger partial charge < -0.3 is 10.6 Å². The van der Waals surface area contributed by atoms with Crippen LogP contribution in [-0.4, -0.2) is 19.9 Å². The molecule has 0 unspecified atom stereocenters. The number of anilines is 3. The van der Waals surface area contributed by atoms with E-state index >= 15 is 0 Å². The van der Waals surface area contributed by atoms with E-state index in [1.807, 2.05) is 48.5 Å². The first-order chi connectivity index (χ1) is 12.8. The molecule has 2 N–H and O–H groups in total. The second-order valence-electron chi connectivity index (χ2n) is 5.57. The van der Waals surface area contributed by atoms with Crippen molar-refractivity contribution in [3.05, 3.63) is 77.3 Å². The Morgan fingerprint density at radius 3 is 2.65 bits per heavy atom. The molecule has 0 aliphatic carbocycles. The number of hydrogen-bond acceptors (Lipinski definition) is 6. The van der Waals surface area contributed by atoms with Gasteiger partial charge in [0.05, 0.1) is 27.9 Å². The van der Waals surface area contributed by atoms with Crippen molar-refractivity contribution < 1.29 is 0 Å². The number of hydrogen-bond donors (Lipinski definition) is 2. The van der Waals surface area contributed by atoms with Crippen LogP contribution in [0.15, 0.2) is 71.6 Å². The zero-order chi connectivity index (χ0) is 17.8. The molecule has 0 aliphatic heterocycles. The summed E-state index contributed by atoms with van der Waals surface area (Å²) >= 11 is 3.48. The number of benzene rings is 1. The molecule has 3 aromatic heterocycles. The van der Waals surface area contributed by atoms with Gasteiger partial charge in [-0.3, -0.25) is 9.97 Å². The highest BCUT2D eigenvalue weighted by Crippen LogP contribution is 2.25. The SMILES string of the molecule is Brc1cnc(Nc2cccc3cccnc23)nc1NCc1ccccn1. The molecule has 0 bridgehead atoms. The highest BCUT2D eigenvalue weighted by Gasteiger charge is 2.08. The molecule has 0 fully saturated rings. The molecule has 4 aromatic rings. The molecule has 6 nitrogen and oxygen atoms in total. The van der Waals surface area contributed by atoms with Crippen molar-refractivity contribution in [2.45, 2.75) is 6.54 Å². The van der Waals surface area contributed by atoms with Crippen molar-refractivity contribution in [2.75, 3.05) is 10.6 Å². The van der Waals surface area contributed by atoms with Gasteiger partial charge in [-0.25, -0.2) is 4.98 Å². The van der Waals surface area contributed by atoms with E-state index in [-0.39, 0.29) is 0 Å². The summed E-state index contributed by atoms with van der Waals surface area (Å²) < 4.78 is 0.787. The largest absolute Gasteiger partial charge is 0.363 e. The molecule has 0 atom stereocenters. The first-order valence-electron chi connectivity index (χ1n) is 8.07. The molecule has 0 aliphatic rings. The van der Waals surface area contributed by atoms with Crippen molar-refractivity contribution >= 4 is 44.3 Å². The maximum atomic E-state index is 4.55. The maximum Gasteiger partial charge on any atom is 0.229 e. The fourth-order valence-electron chi connectivity index (χ4n) is 2.55. The topological polar surface area (TPSA) is 75.6 Å². The van der Waals surface area contributed by atoms with E-state index in [9.17, 15) is 0 Å². The van der Waals surface area contributed by atoms with E-state index in [0.717, 1.165) is 26.8 Å². The van der Waals surface area contributed by atoms with Crippen LogP contribution in [0.2, 0.25) is 0 Å². The van der Waals surface area contributed by atoms with Gasteiger partial charge in [0, 0.05) is 24.0 Å². The van der Waals surface area contributed by atoms with Crippen LogP contribution in [0.1, 0.15) is 5.69 Å². The van der Waals surface area contributed by atoms with E-state index in [2.05, 4.69) is 46.5 Å². The lowest BCUT2D eigenvalue weighted by Crippen LogP contribution is -2.06. The first-order valence-corrected chi connectivity index (χ1v) is 8.86. The zero-order valence-corrected chi connectivity index (χ0v) is 15.3. The Kier molecular flexibility index (Phi) is 4.70. The number of para-hydroxylation sites is 1. The Morgan fingerprint density at radius 2 is 1.77 bits per heavy atom.